The molecule has 0 unspecified atom stereocenters. The molecule has 17 heavy (non-hydrogen) atoms. The molecule has 88 valence electrons. The van der Waals surface area contributed by atoms with E-state index < -0.39 is 0 Å². The Hall–Kier alpha value is -1.88. The SMILES string of the molecule is Cc1c(Cl)cccc1NC(=O)c1cnnn1C. The smallest absolute Gasteiger partial charge is 0.275 e. The molecule has 1 amide bonds. The van der Waals surface area contributed by atoms with Gasteiger partial charge in [0.15, 0.2) is 0 Å². The van der Waals surface area contributed by atoms with E-state index in [1.807, 2.05) is 6.92 Å². The van der Waals surface area contributed by atoms with Crippen LogP contribution in [0.4, 0.5) is 5.69 Å². The molecule has 2 rings (SSSR count). The van der Waals surface area contributed by atoms with Gasteiger partial charge in [0.25, 0.3) is 5.91 Å². The molecule has 0 bridgehead atoms. The molecule has 0 spiro atoms. The van der Waals surface area contributed by atoms with E-state index in [1.54, 1.807) is 25.2 Å². The largest absolute Gasteiger partial charge is 0.320 e. The second-order valence-corrected chi connectivity index (χ2v) is 4.02. The van der Waals surface area contributed by atoms with Gasteiger partial charge in [-0.2, -0.15) is 0 Å². The van der Waals surface area contributed by atoms with Gasteiger partial charge in [0.2, 0.25) is 0 Å². The van der Waals surface area contributed by atoms with Crippen molar-refractivity contribution in [1.29, 1.82) is 0 Å². The Kier molecular flexibility index (Phi) is 3.10. The molecule has 1 aromatic carbocycles. The number of carbonyl (C=O) groups is 1. The maximum atomic E-state index is 11.9. The first-order valence-electron chi connectivity index (χ1n) is 5.00. The normalized spacial score (nSPS) is 10.3. The van der Waals surface area contributed by atoms with Crippen LogP contribution in [0, 0.1) is 6.92 Å². The Balaban J connectivity index is 2.25. The maximum Gasteiger partial charge on any atom is 0.275 e. The van der Waals surface area contributed by atoms with E-state index in [2.05, 4.69) is 15.6 Å². The lowest BCUT2D eigenvalue weighted by molar-refractivity contribution is 0.101. The minimum atomic E-state index is -0.261. The first-order chi connectivity index (χ1) is 8.09. The Morgan fingerprint density at radius 3 is 2.88 bits per heavy atom. The highest BCUT2D eigenvalue weighted by molar-refractivity contribution is 6.31. The molecule has 1 heterocycles. The summed E-state index contributed by atoms with van der Waals surface area (Å²) in [5.74, 6) is -0.261. The Morgan fingerprint density at radius 2 is 2.24 bits per heavy atom. The number of amides is 1. The first kappa shape index (κ1) is 11.6. The Bertz CT molecular complexity index is 564. The van der Waals surface area contributed by atoms with Crippen molar-refractivity contribution < 1.29 is 4.79 Å². The molecule has 0 aliphatic rings. The van der Waals surface area contributed by atoms with Crippen molar-refractivity contribution in [2.75, 3.05) is 5.32 Å². The van der Waals surface area contributed by atoms with Crippen LogP contribution in [0.5, 0.6) is 0 Å². The predicted octanol–water partition coefficient (Wildman–Crippen LogP) is 2.03. The van der Waals surface area contributed by atoms with E-state index >= 15 is 0 Å². The molecule has 0 saturated heterocycles. The maximum absolute atomic E-state index is 11.9. The molecule has 0 fully saturated rings. The lowest BCUT2D eigenvalue weighted by Crippen LogP contribution is -2.16. The van der Waals surface area contributed by atoms with Crippen LogP contribution in [-0.4, -0.2) is 20.9 Å². The second kappa shape index (κ2) is 4.55. The molecule has 6 heteroatoms. The molecule has 5 nitrogen and oxygen atoms in total. The summed E-state index contributed by atoms with van der Waals surface area (Å²) in [7, 11) is 1.66. The molecule has 0 aliphatic carbocycles. The fraction of sp³-hybridized carbons (Fsp3) is 0.182. The van der Waals surface area contributed by atoms with E-state index in [4.69, 9.17) is 11.6 Å². The number of carbonyl (C=O) groups excluding carboxylic acids is 1. The third-order valence-electron chi connectivity index (χ3n) is 2.46. The van der Waals surface area contributed by atoms with E-state index in [9.17, 15) is 4.79 Å². The molecule has 0 saturated carbocycles. The average Bonchev–Trinajstić information content (AvgIpc) is 2.71. The molecule has 1 aromatic heterocycles. The summed E-state index contributed by atoms with van der Waals surface area (Å²) in [6.07, 6.45) is 1.41. The predicted molar refractivity (Wildman–Crippen MR) is 65.1 cm³/mol. The summed E-state index contributed by atoms with van der Waals surface area (Å²) in [5.41, 5.74) is 1.91. The molecule has 0 radical (unpaired) electrons. The first-order valence-corrected chi connectivity index (χ1v) is 5.38. The van der Waals surface area contributed by atoms with E-state index in [-0.39, 0.29) is 5.91 Å². The average molecular weight is 251 g/mol. The topological polar surface area (TPSA) is 59.8 Å². The number of rotatable bonds is 2. The van der Waals surface area contributed by atoms with Crippen LogP contribution in [0.3, 0.4) is 0 Å². The van der Waals surface area contributed by atoms with Gasteiger partial charge >= 0.3 is 0 Å². The number of nitrogens with one attached hydrogen (secondary N) is 1. The zero-order chi connectivity index (χ0) is 12.4. The third kappa shape index (κ3) is 2.29. The number of hydrogen-bond donors (Lipinski definition) is 1. The van der Waals surface area contributed by atoms with Crippen molar-refractivity contribution in [2.45, 2.75) is 6.92 Å². The summed E-state index contributed by atoms with van der Waals surface area (Å²) in [6.45, 7) is 1.85. The van der Waals surface area contributed by atoms with Gasteiger partial charge in [-0.1, -0.05) is 22.9 Å². The van der Waals surface area contributed by atoms with Crippen molar-refractivity contribution in [3.05, 3.63) is 40.7 Å². The van der Waals surface area contributed by atoms with Gasteiger partial charge in [-0.15, -0.1) is 5.10 Å². The molecule has 1 N–H and O–H groups in total. The lowest BCUT2D eigenvalue weighted by Gasteiger charge is -2.08. The van der Waals surface area contributed by atoms with Gasteiger partial charge in [0.1, 0.15) is 5.69 Å². The summed E-state index contributed by atoms with van der Waals surface area (Å²) in [6, 6.07) is 5.35. The fourth-order valence-corrected chi connectivity index (χ4v) is 1.60. The summed E-state index contributed by atoms with van der Waals surface area (Å²) in [4.78, 5) is 11.9. The van der Waals surface area contributed by atoms with E-state index in [1.165, 1.54) is 10.9 Å². The number of benzene rings is 1. The van der Waals surface area contributed by atoms with E-state index in [0.29, 0.717) is 16.4 Å². The van der Waals surface area contributed by atoms with Crippen LogP contribution in [0.2, 0.25) is 5.02 Å². The van der Waals surface area contributed by atoms with Gasteiger partial charge in [-0.3, -0.25) is 4.79 Å². The summed E-state index contributed by atoms with van der Waals surface area (Å²) < 4.78 is 1.41. The van der Waals surface area contributed by atoms with Gasteiger partial charge in [-0.05, 0) is 24.6 Å². The van der Waals surface area contributed by atoms with Gasteiger partial charge < -0.3 is 5.32 Å². The minimum Gasteiger partial charge on any atom is -0.320 e. The highest BCUT2D eigenvalue weighted by Crippen LogP contribution is 2.23. The van der Waals surface area contributed by atoms with Gasteiger partial charge in [-0.25, -0.2) is 4.68 Å². The van der Waals surface area contributed by atoms with E-state index in [0.717, 1.165) is 5.56 Å². The number of aromatic nitrogens is 3. The van der Waals surface area contributed by atoms with Crippen LogP contribution in [-0.2, 0) is 7.05 Å². The highest BCUT2D eigenvalue weighted by atomic mass is 35.5. The molecule has 0 atom stereocenters. The monoisotopic (exact) mass is 250 g/mol. The standard InChI is InChI=1S/C11H11ClN4O/c1-7-8(12)4-3-5-9(7)14-11(17)10-6-13-15-16(10)2/h3-6H,1-2H3,(H,14,17). The Labute approximate surface area is 103 Å². The van der Waals surface area contributed by atoms with Crippen LogP contribution >= 0.6 is 11.6 Å². The van der Waals surface area contributed by atoms with Crippen LogP contribution in [0.1, 0.15) is 16.1 Å². The van der Waals surface area contributed by atoms with Crippen LogP contribution in [0.15, 0.2) is 24.4 Å². The van der Waals surface area contributed by atoms with Crippen molar-refractivity contribution in [3.63, 3.8) is 0 Å². The zero-order valence-electron chi connectivity index (χ0n) is 9.44. The van der Waals surface area contributed by atoms with Crippen molar-refractivity contribution in [3.8, 4) is 0 Å². The lowest BCUT2D eigenvalue weighted by atomic mass is 10.2. The van der Waals surface area contributed by atoms with Crippen molar-refractivity contribution in [2.24, 2.45) is 7.05 Å². The van der Waals surface area contributed by atoms with Crippen molar-refractivity contribution >= 4 is 23.2 Å². The molecular weight excluding hydrogens is 240 g/mol. The Morgan fingerprint density at radius 1 is 1.47 bits per heavy atom. The quantitative estimate of drug-likeness (QED) is 0.887. The number of anilines is 1. The second-order valence-electron chi connectivity index (χ2n) is 3.61. The zero-order valence-corrected chi connectivity index (χ0v) is 10.2. The summed E-state index contributed by atoms with van der Waals surface area (Å²) >= 11 is 5.97. The molecular formula is C11H11ClN4O. The number of halogens is 1. The minimum absolute atomic E-state index is 0.261. The third-order valence-corrected chi connectivity index (χ3v) is 2.87. The fourth-order valence-electron chi connectivity index (χ4n) is 1.42. The van der Waals surface area contributed by atoms with Crippen molar-refractivity contribution in [1.82, 2.24) is 15.0 Å². The van der Waals surface area contributed by atoms with Gasteiger partial charge in [0.05, 0.1) is 6.20 Å². The van der Waals surface area contributed by atoms with Gasteiger partial charge in [0, 0.05) is 17.8 Å². The highest BCUT2D eigenvalue weighted by Gasteiger charge is 2.12. The summed E-state index contributed by atoms with van der Waals surface area (Å²) in [5, 5.41) is 10.7. The molecule has 2 aromatic rings. The number of hydrogen-bond acceptors (Lipinski definition) is 3. The van der Waals surface area contributed by atoms with Crippen LogP contribution < -0.4 is 5.32 Å². The number of nitrogens with zero attached hydrogens (tertiary/aromatic N) is 3. The molecule has 0 aliphatic heterocycles. The van der Waals surface area contributed by atoms with Crippen LogP contribution in [0.25, 0.3) is 0 Å². The number of aryl methyl sites for hydroxylation is 1.